The zero-order valence-electron chi connectivity index (χ0n) is 12.0. The van der Waals surface area contributed by atoms with E-state index in [9.17, 15) is 22.8 Å². The Balaban J connectivity index is 1.68. The lowest BCUT2D eigenvalue weighted by Gasteiger charge is -2.42. The van der Waals surface area contributed by atoms with Gasteiger partial charge in [-0.25, -0.2) is 15.2 Å². The Morgan fingerprint density at radius 1 is 1.17 bits per heavy atom. The molecule has 3 amide bonds. The number of hydrogen-bond donors (Lipinski definition) is 1. The van der Waals surface area contributed by atoms with Crippen LogP contribution in [0.15, 0.2) is 24.3 Å². The molecule has 0 aromatic heterocycles. The van der Waals surface area contributed by atoms with Crippen molar-refractivity contribution >= 4 is 17.6 Å². The van der Waals surface area contributed by atoms with Crippen molar-refractivity contribution in [3.63, 3.8) is 0 Å². The van der Waals surface area contributed by atoms with E-state index in [1.807, 2.05) is 0 Å². The van der Waals surface area contributed by atoms with Crippen LogP contribution < -0.4 is 10.4 Å². The topological polar surface area (TPSA) is 52.7 Å². The lowest BCUT2D eigenvalue weighted by Crippen LogP contribution is -2.67. The van der Waals surface area contributed by atoms with Gasteiger partial charge >= 0.3 is 12.2 Å². The number of nitrogens with one attached hydrogen (secondary N) is 1. The highest BCUT2D eigenvalue weighted by molar-refractivity contribution is 6.04. The number of carbonyl (C=O) groups excluding carboxylic acids is 2. The maximum Gasteiger partial charge on any atom is 0.416 e. The molecule has 1 N–H and O–H groups in total. The van der Waals surface area contributed by atoms with E-state index in [-0.39, 0.29) is 23.6 Å². The molecule has 23 heavy (non-hydrogen) atoms. The van der Waals surface area contributed by atoms with Crippen LogP contribution in [0.5, 0.6) is 0 Å². The third-order valence-electron chi connectivity index (χ3n) is 4.93. The molecule has 3 aliphatic rings. The molecule has 3 atom stereocenters. The van der Waals surface area contributed by atoms with Gasteiger partial charge in [0.1, 0.15) is 6.04 Å². The van der Waals surface area contributed by atoms with E-state index in [1.54, 1.807) is 4.90 Å². The molecular formula is C15H14F3N3O2. The first kappa shape index (κ1) is 14.3. The van der Waals surface area contributed by atoms with Crippen LogP contribution in [0.1, 0.15) is 24.8 Å². The van der Waals surface area contributed by atoms with Crippen LogP contribution in [0.25, 0.3) is 0 Å². The predicted octanol–water partition coefficient (Wildman–Crippen LogP) is 2.53. The minimum absolute atomic E-state index is 0.0283. The summed E-state index contributed by atoms with van der Waals surface area (Å²) in [6, 6.07) is 3.51. The Hall–Kier alpha value is -2.25. The number of rotatable bonds is 1. The Kier molecular flexibility index (Phi) is 2.88. The van der Waals surface area contributed by atoms with Crippen LogP contribution >= 0.6 is 0 Å². The molecule has 0 radical (unpaired) electrons. The molecule has 4 rings (SSSR count). The number of piperidine rings is 1. The lowest BCUT2D eigenvalue weighted by atomic mass is 9.97. The standard InChI is InChI=1S/C15H14F3N3O2/c16-15(17,18)9-2-1-3-11(7-9)21-13(22)12-8-4-5-10(6-8)20(12)14(23)19-21/h1-3,7-8,10,12H,4-6H2,(H,19,23)/t8?,10?,12-/m1/s1. The van der Waals surface area contributed by atoms with Crippen molar-refractivity contribution in [1.29, 1.82) is 0 Å². The molecule has 1 aliphatic carbocycles. The highest BCUT2D eigenvalue weighted by atomic mass is 19.4. The summed E-state index contributed by atoms with van der Waals surface area (Å²) < 4.78 is 38.5. The molecule has 2 unspecified atom stereocenters. The second-order valence-corrected chi connectivity index (χ2v) is 6.22. The molecule has 2 heterocycles. The normalized spacial score (nSPS) is 29.8. The fourth-order valence-corrected chi connectivity index (χ4v) is 3.95. The second kappa shape index (κ2) is 4.62. The van der Waals surface area contributed by atoms with E-state index in [1.165, 1.54) is 12.1 Å². The number of alkyl halides is 3. The van der Waals surface area contributed by atoms with Gasteiger partial charge in [-0.2, -0.15) is 13.2 Å². The number of urea groups is 1. The molecule has 3 fully saturated rings. The van der Waals surface area contributed by atoms with Crippen molar-refractivity contribution in [2.75, 3.05) is 5.01 Å². The van der Waals surface area contributed by atoms with Crippen LogP contribution in [0.4, 0.5) is 23.7 Å². The van der Waals surface area contributed by atoms with Gasteiger partial charge in [0.15, 0.2) is 0 Å². The van der Waals surface area contributed by atoms with Gasteiger partial charge in [0, 0.05) is 6.04 Å². The molecule has 5 nitrogen and oxygen atoms in total. The lowest BCUT2D eigenvalue weighted by molar-refractivity contribution is -0.137. The summed E-state index contributed by atoms with van der Waals surface area (Å²) in [7, 11) is 0. The van der Waals surface area contributed by atoms with E-state index in [0.717, 1.165) is 36.4 Å². The third kappa shape index (κ3) is 2.08. The van der Waals surface area contributed by atoms with Gasteiger partial charge in [-0.1, -0.05) is 6.07 Å². The van der Waals surface area contributed by atoms with Crippen molar-refractivity contribution in [3.05, 3.63) is 29.8 Å². The molecule has 1 saturated carbocycles. The van der Waals surface area contributed by atoms with Crippen LogP contribution in [0.2, 0.25) is 0 Å². The Labute approximate surface area is 130 Å². The van der Waals surface area contributed by atoms with Gasteiger partial charge in [0.2, 0.25) is 0 Å². The molecule has 1 aromatic rings. The summed E-state index contributed by atoms with van der Waals surface area (Å²) in [5, 5.41) is 0.958. The van der Waals surface area contributed by atoms with Gasteiger partial charge in [-0.3, -0.25) is 4.79 Å². The monoisotopic (exact) mass is 325 g/mol. The first-order valence-corrected chi connectivity index (χ1v) is 7.46. The summed E-state index contributed by atoms with van der Waals surface area (Å²) in [5.41, 5.74) is 1.59. The third-order valence-corrected chi connectivity index (χ3v) is 4.93. The molecule has 122 valence electrons. The quantitative estimate of drug-likeness (QED) is 0.863. The first-order valence-electron chi connectivity index (χ1n) is 7.46. The molecule has 0 spiro atoms. The first-order chi connectivity index (χ1) is 10.9. The number of hydrazine groups is 1. The molecule has 2 bridgehead atoms. The summed E-state index contributed by atoms with van der Waals surface area (Å²) >= 11 is 0. The van der Waals surface area contributed by atoms with E-state index in [2.05, 4.69) is 5.43 Å². The average Bonchev–Trinajstić information content (AvgIpc) is 3.11. The summed E-state index contributed by atoms with van der Waals surface area (Å²) in [6.07, 6.45) is -1.95. The molecule has 8 heteroatoms. The zero-order chi connectivity index (χ0) is 16.4. The van der Waals surface area contributed by atoms with Crippen molar-refractivity contribution in [2.24, 2.45) is 5.92 Å². The number of carbonyl (C=O) groups is 2. The largest absolute Gasteiger partial charge is 0.416 e. The van der Waals surface area contributed by atoms with Gasteiger partial charge in [0.25, 0.3) is 5.91 Å². The Morgan fingerprint density at radius 3 is 2.70 bits per heavy atom. The fraction of sp³-hybridized carbons (Fsp3) is 0.467. The van der Waals surface area contributed by atoms with Crippen molar-refractivity contribution in [1.82, 2.24) is 10.3 Å². The summed E-state index contributed by atoms with van der Waals surface area (Å²) in [5.74, 6) is -0.261. The minimum atomic E-state index is -4.50. The Morgan fingerprint density at radius 2 is 1.96 bits per heavy atom. The second-order valence-electron chi connectivity index (χ2n) is 6.22. The Bertz CT molecular complexity index is 691. The average molecular weight is 325 g/mol. The zero-order valence-corrected chi connectivity index (χ0v) is 12.0. The highest BCUT2D eigenvalue weighted by Crippen LogP contribution is 2.44. The number of anilines is 1. The van der Waals surface area contributed by atoms with Gasteiger partial charge in [-0.05, 0) is 43.4 Å². The van der Waals surface area contributed by atoms with Crippen molar-refractivity contribution in [3.8, 4) is 0 Å². The number of hydrogen-bond acceptors (Lipinski definition) is 2. The van der Waals surface area contributed by atoms with Crippen molar-refractivity contribution in [2.45, 2.75) is 37.5 Å². The number of halogens is 3. The van der Waals surface area contributed by atoms with Gasteiger partial charge < -0.3 is 4.90 Å². The highest BCUT2D eigenvalue weighted by Gasteiger charge is 2.55. The predicted molar refractivity (Wildman–Crippen MR) is 74.2 cm³/mol. The molecule has 1 aromatic carbocycles. The molecule has 2 saturated heterocycles. The summed E-state index contributed by atoms with van der Waals surface area (Å²) in [6.45, 7) is 0. The van der Waals surface area contributed by atoms with Crippen LogP contribution in [0.3, 0.4) is 0 Å². The van der Waals surface area contributed by atoms with E-state index < -0.39 is 23.8 Å². The minimum Gasteiger partial charge on any atom is -0.308 e. The van der Waals surface area contributed by atoms with Gasteiger partial charge in [0.05, 0.1) is 11.3 Å². The van der Waals surface area contributed by atoms with E-state index in [4.69, 9.17) is 0 Å². The number of nitrogens with zero attached hydrogens (tertiary/aromatic N) is 2. The van der Waals surface area contributed by atoms with E-state index in [0.29, 0.717) is 0 Å². The van der Waals surface area contributed by atoms with Gasteiger partial charge in [-0.15, -0.1) is 0 Å². The summed E-state index contributed by atoms with van der Waals surface area (Å²) in [4.78, 5) is 26.5. The van der Waals surface area contributed by atoms with Crippen molar-refractivity contribution < 1.29 is 22.8 Å². The fourth-order valence-electron chi connectivity index (χ4n) is 3.95. The van der Waals surface area contributed by atoms with Crippen LogP contribution in [-0.2, 0) is 11.0 Å². The maximum absolute atomic E-state index is 12.8. The smallest absolute Gasteiger partial charge is 0.308 e. The SMILES string of the molecule is O=C1[C@H]2C3CCC(C3)N2C(=O)NN1c1cccc(C(F)(F)F)c1. The number of amides is 3. The molecule has 2 aliphatic heterocycles. The van der Waals surface area contributed by atoms with Crippen LogP contribution in [-0.4, -0.2) is 28.9 Å². The van der Waals surface area contributed by atoms with E-state index >= 15 is 0 Å². The number of benzene rings is 1. The maximum atomic E-state index is 12.8. The molecular weight excluding hydrogens is 311 g/mol. The number of fused-ring (bicyclic) bond motifs is 5. The van der Waals surface area contributed by atoms with Crippen LogP contribution in [0, 0.1) is 5.92 Å².